The minimum absolute atomic E-state index is 0.962. The van der Waals surface area contributed by atoms with Crippen LogP contribution in [0.15, 0.2) is 30.3 Å². The molecular formula is C15H26N2. The summed E-state index contributed by atoms with van der Waals surface area (Å²) in [5, 5.41) is 3.49. The fourth-order valence-electron chi connectivity index (χ4n) is 1.79. The summed E-state index contributed by atoms with van der Waals surface area (Å²) in [6.07, 6.45) is 5.13. The Bertz CT molecular complexity index is 264. The molecule has 0 spiro atoms. The van der Waals surface area contributed by atoms with Gasteiger partial charge in [0.15, 0.2) is 0 Å². The number of unbranched alkanes of at least 4 members (excludes halogenated alkanes) is 2. The second-order valence-electron chi connectivity index (χ2n) is 4.53. The standard InChI is InChI=1S/C15H26N2/c1-3-5-12-17(13-6-4-2)14-16-15-10-8-7-9-11-15/h7-11,16H,3-6,12-14H2,1-2H3. The number of hydrogen-bond donors (Lipinski definition) is 1. The van der Waals surface area contributed by atoms with Gasteiger partial charge in [0, 0.05) is 5.69 Å². The van der Waals surface area contributed by atoms with Crippen molar-refractivity contribution in [3.05, 3.63) is 30.3 Å². The van der Waals surface area contributed by atoms with Gasteiger partial charge in [-0.15, -0.1) is 0 Å². The van der Waals surface area contributed by atoms with Crippen molar-refractivity contribution in [2.45, 2.75) is 39.5 Å². The van der Waals surface area contributed by atoms with Crippen LogP contribution in [-0.4, -0.2) is 24.7 Å². The van der Waals surface area contributed by atoms with Crippen LogP contribution in [0.2, 0.25) is 0 Å². The topological polar surface area (TPSA) is 15.3 Å². The lowest BCUT2D eigenvalue weighted by atomic mass is 10.3. The van der Waals surface area contributed by atoms with Gasteiger partial charge in [-0.25, -0.2) is 0 Å². The molecule has 1 N–H and O–H groups in total. The monoisotopic (exact) mass is 234 g/mol. The third-order valence-electron chi connectivity index (χ3n) is 2.94. The van der Waals surface area contributed by atoms with Gasteiger partial charge in [-0.3, -0.25) is 4.90 Å². The highest BCUT2D eigenvalue weighted by atomic mass is 15.2. The van der Waals surface area contributed by atoms with Gasteiger partial charge in [-0.05, 0) is 38.1 Å². The molecule has 0 unspecified atom stereocenters. The van der Waals surface area contributed by atoms with E-state index < -0.39 is 0 Å². The average Bonchev–Trinajstić information content (AvgIpc) is 2.39. The van der Waals surface area contributed by atoms with Gasteiger partial charge in [-0.1, -0.05) is 44.9 Å². The van der Waals surface area contributed by atoms with Crippen LogP contribution < -0.4 is 5.32 Å². The van der Waals surface area contributed by atoms with Crippen molar-refractivity contribution in [2.75, 3.05) is 25.1 Å². The Balaban J connectivity index is 2.31. The molecule has 17 heavy (non-hydrogen) atoms. The fraction of sp³-hybridized carbons (Fsp3) is 0.600. The van der Waals surface area contributed by atoms with Crippen LogP contribution in [0.3, 0.4) is 0 Å². The lowest BCUT2D eigenvalue weighted by Crippen LogP contribution is -2.31. The number of anilines is 1. The number of rotatable bonds is 9. The van der Waals surface area contributed by atoms with Crippen molar-refractivity contribution in [2.24, 2.45) is 0 Å². The maximum Gasteiger partial charge on any atom is 0.0678 e. The van der Waals surface area contributed by atoms with Crippen LogP contribution in [0.1, 0.15) is 39.5 Å². The van der Waals surface area contributed by atoms with Crippen molar-refractivity contribution in [3.63, 3.8) is 0 Å². The molecule has 2 nitrogen and oxygen atoms in total. The van der Waals surface area contributed by atoms with Crippen LogP contribution in [-0.2, 0) is 0 Å². The second kappa shape index (κ2) is 9.06. The molecule has 2 heteroatoms. The summed E-state index contributed by atoms with van der Waals surface area (Å²) < 4.78 is 0. The maximum absolute atomic E-state index is 3.49. The molecule has 0 heterocycles. The Labute approximate surface area is 106 Å². The normalized spacial score (nSPS) is 10.8. The Morgan fingerprint density at radius 2 is 1.53 bits per heavy atom. The third kappa shape index (κ3) is 6.32. The van der Waals surface area contributed by atoms with Gasteiger partial charge in [0.2, 0.25) is 0 Å². The van der Waals surface area contributed by atoms with Crippen molar-refractivity contribution >= 4 is 5.69 Å². The molecule has 0 bridgehead atoms. The number of nitrogens with one attached hydrogen (secondary N) is 1. The van der Waals surface area contributed by atoms with Crippen LogP contribution in [0.4, 0.5) is 5.69 Å². The van der Waals surface area contributed by atoms with Crippen LogP contribution >= 0.6 is 0 Å². The molecule has 0 radical (unpaired) electrons. The largest absolute Gasteiger partial charge is 0.372 e. The fourth-order valence-corrected chi connectivity index (χ4v) is 1.79. The Morgan fingerprint density at radius 1 is 0.941 bits per heavy atom. The third-order valence-corrected chi connectivity index (χ3v) is 2.94. The zero-order valence-electron chi connectivity index (χ0n) is 11.3. The Morgan fingerprint density at radius 3 is 2.06 bits per heavy atom. The molecule has 0 amide bonds. The van der Waals surface area contributed by atoms with E-state index in [1.807, 2.05) is 0 Å². The number of para-hydroxylation sites is 1. The maximum atomic E-state index is 3.49. The highest BCUT2D eigenvalue weighted by molar-refractivity contribution is 5.42. The van der Waals surface area contributed by atoms with E-state index in [1.54, 1.807) is 0 Å². The first kappa shape index (κ1) is 14.0. The molecule has 1 aromatic rings. The molecule has 0 aliphatic heterocycles. The summed E-state index contributed by atoms with van der Waals surface area (Å²) in [7, 11) is 0. The average molecular weight is 234 g/mol. The SMILES string of the molecule is CCCCN(CCCC)CNc1ccccc1. The highest BCUT2D eigenvalue weighted by Gasteiger charge is 2.02. The summed E-state index contributed by atoms with van der Waals surface area (Å²) in [5.41, 5.74) is 1.21. The van der Waals surface area contributed by atoms with E-state index in [9.17, 15) is 0 Å². The predicted molar refractivity (Wildman–Crippen MR) is 76.3 cm³/mol. The summed E-state index contributed by atoms with van der Waals surface area (Å²) in [6, 6.07) is 10.4. The molecule has 0 aromatic heterocycles. The molecule has 1 rings (SSSR count). The van der Waals surface area contributed by atoms with Crippen LogP contribution in [0.5, 0.6) is 0 Å². The first-order valence-electron chi connectivity index (χ1n) is 6.88. The lowest BCUT2D eigenvalue weighted by Gasteiger charge is -2.22. The van der Waals surface area contributed by atoms with Gasteiger partial charge in [0.1, 0.15) is 0 Å². The molecule has 0 fully saturated rings. The van der Waals surface area contributed by atoms with E-state index in [0.717, 1.165) is 6.67 Å². The zero-order chi connectivity index (χ0) is 12.3. The van der Waals surface area contributed by atoms with Crippen molar-refractivity contribution in [3.8, 4) is 0 Å². The van der Waals surface area contributed by atoms with E-state index in [1.165, 1.54) is 44.5 Å². The van der Waals surface area contributed by atoms with E-state index >= 15 is 0 Å². The quantitative estimate of drug-likeness (QED) is 0.651. The van der Waals surface area contributed by atoms with E-state index in [4.69, 9.17) is 0 Å². The Hall–Kier alpha value is -1.02. The van der Waals surface area contributed by atoms with Crippen LogP contribution in [0.25, 0.3) is 0 Å². The summed E-state index contributed by atoms with van der Waals surface area (Å²) in [4.78, 5) is 2.51. The first-order valence-corrected chi connectivity index (χ1v) is 6.88. The molecule has 0 aliphatic rings. The molecule has 0 saturated heterocycles. The summed E-state index contributed by atoms with van der Waals surface area (Å²) >= 11 is 0. The smallest absolute Gasteiger partial charge is 0.0678 e. The van der Waals surface area contributed by atoms with E-state index in [0.29, 0.717) is 0 Å². The van der Waals surface area contributed by atoms with Gasteiger partial charge in [0.05, 0.1) is 6.67 Å². The molecule has 0 atom stereocenters. The minimum atomic E-state index is 0.962. The minimum Gasteiger partial charge on any atom is -0.372 e. The van der Waals surface area contributed by atoms with Crippen molar-refractivity contribution in [1.82, 2.24) is 4.90 Å². The molecular weight excluding hydrogens is 208 g/mol. The van der Waals surface area contributed by atoms with Gasteiger partial charge in [-0.2, -0.15) is 0 Å². The van der Waals surface area contributed by atoms with Gasteiger partial charge >= 0.3 is 0 Å². The highest BCUT2D eigenvalue weighted by Crippen LogP contribution is 2.06. The first-order chi connectivity index (χ1) is 8.36. The van der Waals surface area contributed by atoms with Crippen molar-refractivity contribution < 1.29 is 0 Å². The summed E-state index contributed by atoms with van der Waals surface area (Å²) in [5.74, 6) is 0. The number of nitrogens with zero attached hydrogens (tertiary/aromatic N) is 1. The number of benzene rings is 1. The lowest BCUT2D eigenvalue weighted by molar-refractivity contribution is 0.283. The number of hydrogen-bond acceptors (Lipinski definition) is 2. The molecule has 0 aliphatic carbocycles. The van der Waals surface area contributed by atoms with Gasteiger partial charge < -0.3 is 5.32 Å². The summed E-state index contributed by atoms with van der Waals surface area (Å²) in [6.45, 7) is 7.88. The Kier molecular flexibility index (Phi) is 7.48. The van der Waals surface area contributed by atoms with E-state index in [-0.39, 0.29) is 0 Å². The van der Waals surface area contributed by atoms with E-state index in [2.05, 4.69) is 54.4 Å². The zero-order valence-corrected chi connectivity index (χ0v) is 11.3. The van der Waals surface area contributed by atoms with Crippen molar-refractivity contribution in [1.29, 1.82) is 0 Å². The predicted octanol–water partition coefficient (Wildman–Crippen LogP) is 3.96. The van der Waals surface area contributed by atoms with Crippen LogP contribution in [0, 0.1) is 0 Å². The molecule has 1 aromatic carbocycles. The molecule has 0 saturated carbocycles. The second-order valence-corrected chi connectivity index (χ2v) is 4.53. The molecule has 96 valence electrons. The van der Waals surface area contributed by atoms with Gasteiger partial charge in [0.25, 0.3) is 0 Å².